The number of nitrogens with zero attached hydrogens (tertiary/aromatic N) is 5. The van der Waals surface area contributed by atoms with E-state index >= 15 is 0 Å². The van der Waals surface area contributed by atoms with Crippen molar-refractivity contribution in [2.24, 2.45) is 0 Å². The molecule has 41 heavy (non-hydrogen) atoms. The molecule has 3 aromatic rings. The number of fused-ring (bicyclic) bond motifs is 1. The largest absolute Gasteiger partial charge is 0.574 e. The van der Waals surface area contributed by atoms with Gasteiger partial charge in [-0.15, -0.1) is 13.2 Å². The zero-order valence-electron chi connectivity index (χ0n) is 23.7. The Morgan fingerprint density at radius 2 is 1.80 bits per heavy atom. The highest BCUT2D eigenvalue weighted by Crippen LogP contribution is 2.37. The van der Waals surface area contributed by atoms with E-state index in [1.165, 1.54) is 0 Å². The fourth-order valence-electron chi connectivity index (χ4n) is 4.98. The number of aromatic nitrogens is 4. The van der Waals surface area contributed by atoms with Gasteiger partial charge in [0.05, 0.1) is 0 Å². The molecule has 14 heteroatoms. The Balaban J connectivity index is 1.51. The van der Waals surface area contributed by atoms with E-state index in [0.717, 1.165) is 29.6 Å². The van der Waals surface area contributed by atoms with Crippen LogP contribution in [0, 0.1) is 6.92 Å². The van der Waals surface area contributed by atoms with Crippen LogP contribution in [0.5, 0.6) is 5.88 Å². The first-order chi connectivity index (χ1) is 19.0. The zero-order chi connectivity index (χ0) is 30.2. The lowest BCUT2D eigenvalue weighted by Gasteiger charge is -2.37. The minimum Gasteiger partial charge on any atom is -0.388 e. The molecule has 0 saturated carbocycles. The normalized spacial score (nSPS) is 18.2. The second-order valence-electron chi connectivity index (χ2n) is 11.7. The predicted octanol–water partition coefficient (Wildman–Crippen LogP) is 7.31. The van der Waals surface area contributed by atoms with Gasteiger partial charge in [0.1, 0.15) is 23.8 Å². The molecule has 0 bridgehead atoms. The molecule has 1 fully saturated rings. The van der Waals surface area contributed by atoms with Crippen LogP contribution < -0.4 is 4.74 Å². The molecule has 0 radical (unpaired) electrons. The molecular formula is C27H35F6N5O2Si. The first kappa shape index (κ1) is 31.2. The van der Waals surface area contributed by atoms with E-state index in [4.69, 9.17) is 4.74 Å². The van der Waals surface area contributed by atoms with Crippen molar-refractivity contribution < 1.29 is 35.8 Å². The third-order valence-corrected chi connectivity index (χ3v) is 9.01. The van der Waals surface area contributed by atoms with Crippen molar-refractivity contribution >= 4 is 19.2 Å². The number of aryl methyl sites for hydroxylation is 1. The van der Waals surface area contributed by atoms with Gasteiger partial charge in [-0.1, -0.05) is 19.6 Å². The van der Waals surface area contributed by atoms with Gasteiger partial charge in [-0.05, 0) is 68.5 Å². The minimum absolute atomic E-state index is 0.112. The highest BCUT2D eigenvalue weighted by molar-refractivity contribution is 6.76. The molecule has 2 unspecified atom stereocenters. The maximum absolute atomic E-state index is 13.4. The van der Waals surface area contributed by atoms with E-state index in [9.17, 15) is 26.3 Å². The van der Waals surface area contributed by atoms with Gasteiger partial charge in [0, 0.05) is 39.5 Å². The quantitative estimate of drug-likeness (QED) is 0.145. The van der Waals surface area contributed by atoms with Gasteiger partial charge in [0.25, 0.3) is 0 Å². The Kier molecular flexibility index (Phi) is 9.05. The van der Waals surface area contributed by atoms with Crippen molar-refractivity contribution in [1.29, 1.82) is 0 Å². The van der Waals surface area contributed by atoms with Crippen LogP contribution in [-0.2, 0) is 17.6 Å². The summed E-state index contributed by atoms with van der Waals surface area (Å²) in [7, 11) is -1.21. The predicted molar refractivity (Wildman–Crippen MR) is 144 cm³/mol. The van der Waals surface area contributed by atoms with Crippen LogP contribution in [0.2, 0.25) is 25.7 Å². The van der Waals surface area contributed by atoms with Crippen molar-refractivity contribution in [3.05, 3.63) is 47.0 Å². The number of ether oxygens (including phenoxy) is 2. The lowest BCUT2D eigenvalue weighted by atomic mass is 9.89. The van der Waals surface area contributed by atoms with E-state index in [1.54, 1.807) is 6.20 Å². The number of pyridine rings is 2. The summed E-state index contributed by atoms with van der Waals surface area (Å²) in [4.78, 5) is 14.5. The fourth-order valence-corrected chi connectivity index (χ4v) is 5.73. The molecule has 2 atom stereocenters. The van der Waals surface area contributed by atoms with Crippen molar-refractivity contribution in [1.82, 2.24) is 24.4 Å². The van der Waals surface area contributed by atoms with E-state index in [2.05, 4.69) is 44.2 Å². The first-order valence-corrected chi connectivity index (χ1v) is 17.2. The molecule has 0 spiro atoms. The SMILES string of the molecule is Cc1nc2cc(C(C)N3CCCC(c4cc(OC(F)(F)F)nc(C(F)(F)F)c4)C3)cnc2n1COCC[Si](C)(C)C. The molecule has 1 aliphatic heterocycles. The second-order valence-corrected chi connectivity index (χ2v) is 17.3. The second kappa shape index (κ2) is 11.9. The summed E-state index contributed by atoms with van der Waals surface area (Å²) in [6, 6.07) is 4.62. The van der Waals surface area contributed by atoms with Crippen LogP contribution in [0.4, 0.5) is 26.3 Å². The first-order valence-electron chi connectivity index (χ1n) is 13.5. The molecule has 226 valence electrons. The summed E-state index contributed by atoms with van der Waals surface area (Å²) in [5, 5.41) is 0. The number of hydrogen-bond donors (Lipinski definition) is 0. The van der Waals surface area contributed by atoms with Crippen molar-refractivity contribution in [3.63, 3.8) is 0 Å². The maximum Gasteiger partial charge on any atom is 0.574 e. The number of piperidine rings is 1. The van der Waals surface area contributed by atoms with Gasteiger partial charge < -0.3 is 9.47 Å². The molecule has 7 nitrogen and oxygen atoms in total. The summed E-state index contributed by atoms with van der Waals surface area (Å²) in [5.41, 5.74) is 1.00. The number of rotatable bonds is 9. The number of imidazole rings is 1. The molecule has 0 N–H and O–H groups in total. The summed E-state index contributed by atoms with van der Waals surface area (Å²) in [5.74, 6) is -0.770. The monoisotopic (exact) mass is 603 g/mol. The van der Waals surface area contributed by atoms with Gasteiger partial charge >= 0.3 is 12.5 Å². The summed E-state index contributed by atoms with van der Waals surface area (Å²) in [6.45, 7) is 12.8. The number of halogens is 6. The Bertz CT molecular complexity index is 1350. The van der Waals surface area contributed by atoms with Gasteiger partial charge in [0.2, 0.25) is 5.88 Å². The number of alkyl halides is 6. The molecule has 1 saturated heterocycles. The van der Waals surface area contributed by atoms with Crippen molar-refractivity contribution in [3.8, 4) is 5.88 Å². The van der Waals surface area contributed by atoms with Gasteiger partial charge in [-0.3, -0.25) is 9.47 Å². The summed E-state index contributed by atoms with van der Waals surface area (Å²) >= 11 is 0. The molecule has 0 amide bonds. The zero-order valence-corrected chi connectivity index (χ0v) is 24.7. The summed E-state index contributed by atoms with van der Waals surface area (Å²) in [6.07, 6.45) is -7.12. The maximum atomic E-state index is 13.4. The topological polar surface area (TPSA) is 65.3 Å². The lowest BCUT2D eigenvalue weighted by Crippen LogP contribution is -2.36. The molecule has 1 aliphatic rings. The van der Waals surface area contributed by atoms with E-state index in [0.29, 0.717) is 50.4 Å². The Morgan fingerprint density at radius 3 is 2.46 bits per heavy atom. The van der Waals surface area contributed by atoms with Gasteiger partial charge in [-0.2, -0.15) is 13.2 Å². The standard InChI is InChI=1S/C27H35F6N5O2Si/c1-17(21-11-22-25(34-14-21)38(18(2)35-22)16-39-9-10-41(3,4)5)37-8-6-7-19(15-37)20-12-23(26(28,29)30)36-24(13-20)40-27(31,32)33/h11-14,17,19H,6-10,15-16H2,1-5H3. The Hall–Kier alpha value is -2.71. The Morgan fingerprint density at radius 1 is 1.07 bits per heavy atom. The molecule has 4 heterocycles. The van der Waals surface area contributed by atoms with E-state index < -0.39 is 38.1 Å². The van der Waals surface area contributed by atoms with Crippen LogP contribution in [0.15, 0.2) is 24.4 Å². The highest BCUT2D eigenvalue weighted by Gasteiger charge is 2.38. The van der Waals surface area contributed by atoms with Gasteiger partial charge in [0.15, 0.2) is 5.65 Å². The van der Waals surface area contributed by atoms with Crippen molar-refractivity contribution in [2.45, 2.75) is 83.6 Å². The lowest BCUT2D eigenvalue weighted by molar-refractivity contribution is -0.276. The molecular weight excluding hydrogens is 568 g/mol. The number of likely N-dealkylation sites (tertiary alicyclic amines) is 1. The minimum atomic E-state index is -5.15. The van der Waals surface area contributed by atoms with E-state index in [1.807, 2.05) is 24.5 Å². The molecule has 0 aromatic carbocycles. The van der Waals surface area contributed by atoms with Crippen molar-refractivity contribution in [2.75, 3.05) is 19.7 Å². The van der Waals surface area contributed by atoms with Crippen LogP contribution in [-0.4, -0.2) is 58.6 Å². The average Bonchev–Trinajstić information content (AvgIpc) is 3.18. The fraction of sp³-hybridized carbons (Fsp3) is 0.593. The van der Waals surface area contributed by atoms with E-state index in [-0.39, 0.29) is 11.6 Å². The van der Waals surface area contributed by atoms with Crippen LogP contribution >= 0.6 is 0 Å². The van der Waals surface area contributed by atoms with Gasteiger partial charge in [-0.25, -0.2) is 15.0 Å². The number of hydrogen-bond acceptors (Lipinski definition) is 6. The smallest absolute Gasteiger partial charge is 0.388 e. The highest BCUT2D eigenvalue weighted by atomic mass is 28.3. The van der Waals surface area contributed by atoms with Crippen LogP contribution in [0.1, 0.15) is 54.4 Å². The van der Waals surface area contributed by atoms with Crippen LogP contribution in [0.25, 0.3) is 11.2 Å². The molecule has 0 aliphatic carbocycles. The third-order valence-electron chi connectivity index (χ3n) is 7.30. The van der Waals surface area contributed by atoms with Crippen LogP contribution in [0.3, 0.4) is 0 Å². The molecule has 4 rings (SSSR count). The third kappa shape index (κ3) is 8.19. The Labute approximate surface area is 235 Å². The summed E-state index contributed by atoms with van der Waals surface area (Å²) < 4.78 is 90.2. The average molecular weight is 604 g/mol. The molecule has 3 aromatic heterocycles.